The summed E-state index contributed by atoms with van der Waals surface area (Å²) in [7, 11) is 3.16. The number of piperidine rings is 1. The van der Waals surface area contributed by atoms with Crippen molar-refractivity contribution in [1.29, 1.82) is 0 Å². The molecule has 172 valence electrons. The molecule has 1 aliphatic rings. The van der Waals surface area contributed by atoms with Gasteiger partial charge >= 0.3 is 0 Å². The number of nitrogens with zero attached hydrogens (tertiary/aromatic N) is 2. The molecule has 0 saturated carbocycles. The number of ether oxygens (including phenoxy) is 2. The maximum Gasteiger partial charge on any atom is 0.253 e. The van der Waals surface area contributed by atoms with Crippen LogP contribution in [0.2, 0.25) is 0 Å². The maximum absolute atomic E-state index is 12.8. The summed E-state index contributed by atoms with van der Waals surface area (Å²) >= 11 is 0. The van der Waals surface area contributed by atoms with E-state index in [9.17, 15) is 9.59 Å². The molecule has 0 radical (unpaired) electrons. The van der Waals surface area contributed by atoms with Crippen LogP contribution in [0.25, 0.3) is 0 Å². The van der Waals surface area contributed by atoms with Gasteiger partial charge in [-0.25, -0.2) is 0 Å². The van der Waals surface area contributed by atoms with Crippen LogP contribution in [0.5, 0.6) is 11.5 Å². The second-order valence-corrected chi connectivity index (χ2v) is 7.97. The number of nitrogens with one attached hydrogen (secondary N) is 1. The van der Waals surface area contributed by atoms with E-state index in [-0.39, 0.29) is 17.9 Å². The number of carbonyl (C=O) groups excluding carboxylic acids is 2. The summed E-state index contributed by atoms with van der Waals surface area (Å²) in [5, 5.41) is 2.96. The largest absolute Gasteiger partial charge is 0.497 e. The van der Waals surface area contributed by atoms with Gasteiger partial charge < -0.3 is 19.7 Å². The Bertz CT molecular complexity index is 895. The lowest BCUT2D eigenvalue weighted by atomic mass is 10.0. The fraction of sp³-hybridized carbons (Fsp3) is 0.440. The van der Waals surface area contributed by atoms with Gasteiger partial charge in [0.2, 0.25) is 5.91 Å². The first-order valence-corrected chi connectivity index (χ1v) is 11.2. The standard InChI is InChI=1S/C25H33N3O4/c1-4-14-28(18-24(29)26-22-11-10-21(31-2)17-23(22)32-3)20-12-15-27(16-13-20)25(30)19-8-6-5-7-9-19/h5-11,17,20H,4,12-16,18H2,1-3H3,(H,26,29). The minimum absolute atomic E-state index is 0.0790. The van der Waals surface area contributed by atoms with Crippen LogP contribution >= 0.6 is 0 Å². The molecule has 2 aromatic carbocycles. The molecule has 0 aromatic heterocycles. The molecule has 7 heteroatoms. The molecule has 1 N–H and O–H groups in total. The smallest absolute Gasteiger partial charge is 0.253 e. The lowest BCUT2D eigenvalue weighted by molar-refractivity contribution is -0.118. The normalized spacial score (nSPS) is 14.3. The van der Waals surface area contributed by atoms with Crippen LogP contribution in [0.4, 0.5) is 5.69 Å². The lowest BCUT2D eigenvalue weighted by Gasteiger charge is -2.38. The third-order valence-electron chi connectivity index (χ3n) is 5.83. The first-order valence-electron chi connectivity index (χ1n) is 11.2. The van der Waals surface area contributed by atoms with E-state index in [1.807, 2.05) is 35.2 Å². The molecule has 1 fully saturated rings. The zero-order valence-corrected chi connectivity index (χ0v) is 19.2. The molecule has 0 unspecified atom stereocenters. The van der Waals surface area contributed by atoms with Gasteiger partial charge in [-0.2, -0.15) is 0 Å². The topological polar surface area (TPSA) is 71.1 Å². The highest BCUT2D eigenvalue weighted by molar-refractivity contribution is 5.94. The van der Waals surface area contributed by atoms with E-state index in [1.165, 1.54) is 0 Å². The Morgan fingerprint density at radius 2 is 1.78 bits per heavy atom. The minimum atomic E-state index is -0.0790. The molecule has 0 aliphatic carbocycles. The second-order valence-electron chi connectivity index (χ2n) is 7.97. The second kappa shape index (κ2) is 11.5. The fourth-order valence-electron chi connectivity index (χ4n) is 4.15. The van der Waals surface area contributed by atoms with Crippen molar-refractivity contribution in [2.45, 2.75) is 32.2 Å². The van der Waals surface area contributed by atoms with Crippen molar-refractivity contribution in [3.63, 3.8) is 0 Å². The predicted octanol–water partition coefficient (Wildman–Crippen LogP) is 3.66. The van der Waals surface area contributed by atoms with E-state index < -0.39 is 0 Å². The third-order valence-corrected chi connectivity index (χ3v) is 5.83. The van der Waals surface area contributed by atoms with Crippen LogP contribution in [0.1, 0.15) is 36.5 Å². The molecule has 1 saturated heterocycles. The van der Waals surface area contributed by atoms with Gasteiger partial charge in [0.1, 0.15) is 11.5 Å². The van der Waals surface area contributed by atoms with Crippen LogP contribution in [0, 0.1) is 0 Å². The number of likely N-dealkylation sites (tertiary alicyclic amines) is 1. The number of carbonyl (C=O) groups is 2. The molecular weight excluding hydrogens is 406 g/mol. The van der Waals surface area contributed by atoms with Gasteiger partial charge in [-0.1, -0.05) is 25.1 Å². The van der Waals surface area contributed by atoms with E-state index in [0.717, 1.165) is 31.4 Å². The monoisotopic (exact) mass is 439 g/mol. The highest BCUT2D eigenvalue weighted by atomic mass is 16.5. The van der Waals surface area contributed by atoms with Gasteiger partial charge in [-0.3, -0.25) is 14.5 Å². The van der Waals surface area contributed by atoms with Crippen LogP contribution in [0.15, 0.2) is 48.5 Å². The van der Waals surface area contributed by atoms with Crippen LogP contribution in [0.3, 0.4) is 0 Å². The molecule has 2 amide bonds. The van der Waals surface area contributed by atoms with Gasteiger partial charge in [-0.15, -0.1) is 0 Å². The zero-order chi connectivity index (χ0) is 22.9. The summed E-state index contributed by atoms with van der Waals surface area (Å²) in [6.45, 7) is 4.66. The Balaban J connectivity index is 1.58. The van der Waals surface area contributed by atoms with Crippen molar-refractivity contribution < 1.29 is 19.1 Å². The van der Waals surface area contributed by atoms with Crippen molar-refractivity contribution in [3.8, 4) is 11.5 Å². The van der Waals surface area contributed by atoms with E-state index in [1.54, 1.807) is 32.4 Å². The molecule has 1 aliphatic heterocycles. The van der Waals surface area contributed by atoms with E-state index in [2.05, 4.69) is 17.1 Å². The van der Waals surface area contributed by atoms with Gasteiger partial charge in [-0.05, 0) is 50.1 Å². The number of rotatable bonds is 9. The summed E-state index contributed by atoms with van der Waals surface area (Å²) in [5.41, 5.74) is 1.35. The third kappa shape index (κ3) is 6.01. The summed E-state index contributed by atoms with van der Waals surface area (Å²) < 4.78 is 10.6. The maximum atomic E-state index is 12.8. The Morgan fingerprint density at radius 3 is 2.41 bits per heavy atom. The Kier molecular flexibility index (Phi) is 8.50. The van der Waals surface area contributed by atoms with Crippen molar-refractivity contribution in [2.24, 2.45) is 0 Å². The molecule has 3 rings (SSSR count). The molecular formula is C25H33N3O4. The molecule has 0 atom stereocenters. The van der Waals surface area contributed by atoms with Crippen molar-refractivity contribution >= 4 is 17.5 Å². The first-order chi connectivity index (χ1) is 15.5. The van der Waals surface area contributed by atoms with Crippen molar-refractivity contribution in [1.82, 2.24) is 9.80 Å². The van der Waals surface area contributed by atoms with Crippen molar-refractivity contribution in [3.05, 3.63) is 54.1 Å². The minimum Gasteiger partial charge on any atom is -0.497 e. The van der Waals surface area contributed by atoms with Crippen LogP contribution < -0.4 is 14.8 Å². The number of anilines is 1. The average Bonchev–Trinajstić information content (AvgIpc) is 2.84. The lowest BCUT2D eigenvalue weighted by Crippen LogP contribution is -2.49. The number of methoxy groups -OCH3 is 2. The highest BCUT2D eigenvalue weighted by Crippen LogP contribution is 2.29. The summed E-state index contributed by atoms with van der Waals surface area (Å²) in [6.07, 6.45) is 2.68. The Labute approximate surface area is 190 Å². The Morgan fingerprint density at radius 1 is 1.06 bits per heavy atom. The molecule has 0 bridgehead atoms. The molecule has 32 heavy (non-hydrogen) atoms. The highest BCUT2D eigenvalue weighted by Gasteiger charge is 2.28. The summed E-state index contributed by atoms with van der Waals surface area (Å²) in [5.74, 6) is 1.23. The molecule has 7 nitrogen and oxygen atoms in total. The zero-order valence-electron chi connectivity index (χ0n) is 19.2. The van der Waals surface area contributed by atoms with Gasteiger partial charge in [0.25, 0.3) is 5.91 Å². The molecule has 0 spiro atoms. The fourth-order valence-corrected chi connectivity index (χ4v) is 4.15. The van der Waals surface area contributed by atoms with Gasteiger partial charge in [0, 0.05) is 30.8 Å². The SMILES string of the molecule is CCCN(CC(=O)Nc1ccc(OC)cc1OC)C1CCN(C(=O)c2ccccc2)CC1. The first kappa shape index (κ1) is 23.6. The number of hydrogen-bond donors (Lipinski definition) is 1. The summed E-state index contributed by atoms with van der Waals surface area (Å²) in [4.78, 5) is 29.7. The number of hydrogen-bond acceptors (Lipinski definition) is 5. The number of amides is 2. The predicted molar refractivity (Wildman–Crippen MR) is 125 cm³/mol. The average molecular weight is 440 g/mol. The van der Waals surface area contributed by atoms with E-state index in [4.69, 9.17) is 9.47 Å². The quantitative estimate of drug-likeness (QED) is 0.646. The summed E-state index contributed by atoms with van der Waals surface area (Å²) in [6, 6.07) is 15.0. The molecule has 1 heterocycles. The van der Waals surface area contributed by atoms with Gasteiger partial charge in [0.05, 0.1) is 26.5 Å². The Hall–Kier alpha value is -3.06. The van der Waals surface area contributed by atoms with Crippen LogP contribution in [-0.4, -0.2) is 68.1 Å². The van der Waals surface area contributed by atoms with Gasteiger partial charge in [0.15, 0.2) is 0 Å². The molecule has 2 aromatic rings. The van der Waals surface area contributed by atoms with Crippen LogP contribution in [-0.2, 0) is 4.79 Å². The van der Waals surface area contributed by atoms with E-state index >= 15 is 0 Å². The van der Waals surface area contributed by atoms with Crippen molar-refractivity contribution in [2.75, 3.05) is 45.7 Å². The number of benzene rings is 2. The van der Waals surface area contributed by atoms with E-state index in [0.29, 0.717) is 36.8 Å².